The number of nitrogens with zero attached hydrogens (tertiary/aromatic N) is 2. The quantitative estimate of drug-likeness (QED) is 0.731. The van der Waals surface area contributed by atoms with Crippen LogP contribution in [0.25, 0.3) is 0 Å². The molecule has 1 aromatic rings. The summed E-state index contributed by atoms with van der Waals surface area (Å²) in [5.74, 6) is 2.25. The van der Waals surface area contributed by atoms with Gasteiger partial charge >= 0.3 is 0 Å². The summed E-state index contributed by atoms with van der Waals surface area (Å²) < 4.78 is 2.04. The van der Waals surface area contributed by atoms with Crippen molar-refractivity contribution in [2.75, 3.05) is 5.73 Å². The monoisotopic (exact) mass is 167 g/mol. The van der Waals surface area contributed by atoms with Gasteiger partial charge in [0.05, 0.1) is 5.69 Å². The van der Waals surface area contributed by atoms with Crippen molar-refractivity contribution in [1.82, 2.24) is 9.55 Å². The van der Waals surface area contributed by atoms with Crippen LogP contribution in [0, 0.1) is 6.92 Å². The average Bonchev–Trinajstić information content (AvgIpc) is 2.27. The highest BCUT2D eigenvalue weighted by Crippen LogP contribution is 2.21. The van der Waals surface area contributed by atoms with Crippen LogP contribution in [0.1, 0.15) is 38.2 Å². The SMILES string of the molecule is CCn1c(C)nc(C(C)C)c1N. The van der Waals surface area contributed by atoms with Crippen LogP contribution in [0.3, 0.4) is 0 Å². The molecule has 1 rings (SSSR count). The van der Waals surface area contributed by atoms with E-state index < -0.39 is 0 Å². The van der Waals surface area contributed by atoms with Gasteiger partial charge in [0.1, 0.15) is 11.6 Å². The van der Waals surface area contributed by atoms with Gasteiger partial charge in [-0.25, -0.2) is 4.98 Å². The Morgan fingerprint density at radius 1 is 1.50 bits per heavy atom. The van der Waals surface area contributed by atoms with E-state index >= 15 is 0 Å². The van der Waals surface area contributed by atoms with E-state index in [-0.39, 0.29) is 0 Å². The number of anilines is 1. The molecule has 0 aliphatic carbocycles. The van der Waals surface area contributed by atoms with Gasteiger partial charge in [-0.2, -0.15) is 0 Å². The first-order valence-corrected chi connectivity index (χ1v) is 4.40. The minimum Gasteiger partial charge on any atom is -0.384 e. The van der Waals surface area contributed by atoms with Gasteiger partial charge in [-0.3, -0.25) is 0 Å². The molecule has 3 heteroatoms. The molecule has 0 saturated carbocycles. The first kappa shape index (κ1) is 9.10. The fourth-order valence-electron chi connectivity index (χ4n) is 1.43. The lowest BCUT2D eigenvalue weighted by Crippen LogP contribution is -2.03. The number of aromatic nitrogens is 2. The largest absolute Gasteiger partial charge is 0.384 e. The second-order valence-electron chi connectivity index (χ2n) is 3.33. The summed E-state index contributed by atoms with van der Waals surface area (Å²) in [7, 11) is 0. The molecule has 0 spiro atoms. The molecule has 68 valence electrons. The fraction of sp³-hybridized carbons (Fsp3) is 0.667. The van der Waals surface area contributed by atoms with Crippen molar-refractivity contribution >= 4 is 5.82 Å². The van der Waals surface area contributed by atoms with Gasteiger partial charge in [0.25, 0.3) is 0 Å². The van der Waals surface area contributed by atoms with Crippen LogP contribution in [-0.4, -0.2) is 9.55 Å². The van der Waals surface area contributed by atoms with E-state index in [1.54, 1.807) is 0 Å². The van der Waals surface area contributed by atoms with Crippen molar-refractivity contribution in [3.63, 3.8) is 0 Å². The summed E-state index contributed by atoms with van der Waals surface area (Å²) in [5, 5.41) is 0. The van der Waals surface area contributed by atoms with Gasteiger partial charge in [-0.1, -0.05) is 13.8 Å². The fourth-order valence-corrected chi connectivity index (χ4v) is 1.43. The maximum absolute atomic E-state index is 5.92. The predicted molar refractivity (Wildman–Crippen MR) is 51.1 cm³/mol. The molecular weight excluding hydrogens is 150 g/mol. The van der Waals surface area contributed by atoms with Crippen molar-refractivity contribution in [1.29, 1.82) is 0 Å². The van der Waals surface area contributed by atoms with E-state index in [4.69, 9.17) is 5.73 Å². The number of hydrogen-bond acceptors (Lipinski definition) is 2. The van der Waals surface area contributed by atoms with Crippen molar-refractivity contribution in [3.05, 3.63) is 11.5 Å². The van der Waals surface area contributed by atoms with E-state index in [1.165, 1.54) is 0 Å². The van der Waals surface area contributed by atoms with Gasteiger partial charge in [-0.05, 0) is 19.8 Å². The Labute approximate surface area is 73.6 Å². The molecule has 0 aliphatic heterocycles. The lowest BCUT2D eigenvalue weighted by atomic mass is 10.1. The predicted octanol–water partition coefficient (Wildman–Crippen LogP) is 1.92. The second kappa shape index (κ2) is 3.17. The number of aryl methyl sites for hydroxylation is 1. The van der Waals surface area contributed by atoms with Gasteiger partial charge in [-0.15, -0.1) is 0 Å². The maximum Gasteiger partial charge on any atom is 0.127 e. The van der Waals surface area contributed by atoms with Crippen LogP contribution < -0.4 is 5.73 Å². The Hall–Kier alpha value is -0.990. The smallest absolute Gasteiger partial charge is 0.127 e. The zero-order valence-electron chi connectivity index (χ0n) is 8.26. The van der Waals surface area contributed by atoms with E-state index in [9.17, 15) is 0 Å². The van der Waals surface area contributed by atoms with Crippen LogP contribution >= 0.6 is 0 Å². The van der Waals surface area contributed by atoms with Crippen LogP contribution in [0.15, 0.2) is 0 Å². The molecule has 1 aromatic heterocycles. The second-order valence-corrected chi connectivity index (χ2v) is 3.33. The van der Waals surface area contributed by atoms with Crippen LogP contribution in [-0.2, 0) is 6.54 Å². The molecule has 12 heavy (non-hydrogen) atoms. The van der Waals surface area contributed by atoms with E-state index in [2.05, 4.69) is 25.8 Å². The summed E-state index contributed by atoms with van der Waals surface area (Å²) in [6, 6.07) is 0. The lowest BCUT2D eigenvalue weighted by molar-refractivity contribution is 0.739. The molecule has 0 amide bonds. The molecular formula is C9H17N3. The van der Waals surface area contributed by atoms with E-state index in [0.29, 0.717) is 5.92 Å². The standard InChI is InChI=1S/C9H17N3/c1-5-12-7(4)11-8(6(2)3)9(12)10/h6H,5,10H2,1-4H3. The summed E-state index contributed by atoms with van der Waals surface area (Å²) >= 11 is 0. The highest BCUT2D eigenvalue weighted by atomic mass is 15.1. The maximum atomic E-state index is 5.92. The number of nitrogens with two attached hydrogens (primary N) is 1. The summed E-state index contributed by atoms with van der Waals surface area (Å²) in [5.41, 5.74) is 6.94. The highest BCUT2D eigenvalue weighted by Gasteiger charge is 2.12. The molecule has 1 heterocycles. The van der Waals surface area contributed by atoms with Crippen LogP contribution in [0.5, 0.6) is 0 Å². The summed E-state index contributed by atoms with van der Waals surface area (Å²) in [4.78, 5) is 4.42. The van der Waals surface area contributed by atoms with Gasteiger partial charge in [0.15, 0.2) is 0 Å². The first-order chi connectivity index (χ1) is 5.57. The van der Waals surface area contributed by atoms with Gasteiger partial charge < -0.3 is 10.3 Å². The Morgan fingerprint density at radius 3 is 2.33 bits per heavy atom. The average molecular weight is 167 g/mol. The third-order valence-electron chi connectivity index (χ3n) is 2.09. The topological polar surface area (TPSA) is 43.8 Å². The molecule has 0 unspecified atom stereocenters. The number of hydrogen-bond donors (Lipinski definition) is 1. The number of nitrogen functional groups attached to an aromatic ring is 1. The van der Waals surface area contributed by atoms with Crippen molar-refractivity contribution in [2.24, 2.45) is 0 Å². The highest BCUT2D eigenvalue weighted by molar-refractivity contribution is 5.39. The first-order valence-electron chi connectivity index (χ1n) is 4.40. The summed E-state index contributed by atoms with van der Waals surface area (Å²) in [6.07, 6.45) is 0. The van der Waals surface area contributed by atoms with Crippen molar-refractivity contribution in [3.8, 4) is 0 Å². The zero-order chi connectivity index (χ0) is 9.30. The van der Waals surface area contributed by atoms with E-state index in [1.807, 2.05) is 11.5 Å². The van der Waals surface area contributed by atoms with Crippen molar-refractivity contribution in [2.45, 2.75) is 40.2 Å². The lowest BCUT2D eigenvalue weighted by Gasteiger charge is -2.04. The third kappa shape index (κ3) is 1.31. The molecule has 0 aliphatic rings. The van der Waals surface area contributed by atoms with E-state index in [0.717, 1.165) is 23.9 Å². The zero-order valence-corrected chi connectivity index (χ0v) is 8.26. The molecule has 0 atom stereocenters. The van der Waals surface area contributed by atoms with Gasteiger partial charge in [0.2, 0.25) is 0 Å². The Morgan fingerprint density at radius 2 is 2.08 bits per heavy atom. The molecule has 2 N–H and O–H groups in total. The van der Waals surface area contributed by atoms with Crippen LogP contribution in [0.2, 0.25) is 0 Å². The minimum atomic E-state index is 0.413. The third-order valence-corrected chi connectivity index (χ3v) is 2.09. The molecule has 0 aromatic carbocycles. The Balaban J connectivity index is 3.17. The molecule has 0 saturated heterocycles. The summed E-state index contributed by atoms with van der Waals surface area (Å²) in [6.45, 7) is 9.19. The minimum absolute atomic E-state index is 0.413. The Bertz CT molecular complexity index is 274. The van der Waals surface area contributed by atoms with Crippen LogP contribution in [0.4, 0.5) is 5.82 Å². The molecule has 0 bridgehead atoms. The normalized spacial score (nSPS) is 11.1. The Kier molecular flexibility index (Phi) is 2.40. The molecule has 0 fully saturated rings. The molecule has 0 radical (unpaired) electrons. The van der Waals surface area contributed by atoms with Crippen molar-refractivity contribution < 1.29 is 0 Å². The number of imidazole rings is 1. The molecule has 3 nitrogen and oxygen atoms in total. The number of rotatable bonds is 2. The van der Waals surface area contributed by atoms with Gasteiger partial charge in [0, 0.05) is 6.54 Å².